The van der Waals surface area contributed by atoms with Crippen LogP contribution >= 0.6 is 0 Å². The van der Waals surface area contributed by atoms with Gasteiger partial charge in [-0.05, 0) is 40.0 Å². The molecule has 1 aliphatic carbocycles. The average Bonchev–Trinajstić information content (AvgIpc) is 2.45. The normalized spacial score (nSPS) is 27.4. The van der Waals surface area contributed by atoms with Gasteiger partial charge in [0.2, 0.25) is 0 Å². The van der Waals surface area contributed by atoms with E-state index in [2.05, 4.69) is 10.2 Å². The van der Waals surface area contributed by atoms with Crippen molar-refractivity contribution in [2.24, 2.45) is 5.92 Å². The molecule has 1 amide bonds. The van der Waals surface area contributed by atoms with E-state index >= 15 is 0 Å². The van der Waals surface area contributed by atoms with Crippen LogP contribution in [0.3, 0.4) is 0 Å². The summed E-state index contributed by atoms with van der Waals surface area (Å²) in [6.07, 6.45) is 5.96. The van der Waals surface area contributed by atoms with Crippen molar-refractivity contribution in [2.45, 2.75) is 77.0 Å². The van der Waals surface area contributed by atoms with E-state index in [1.165, 1.54) is 19.3 Å². The van der Waals surface area contributed by atoms with Crippen LogP contribution in [0.25, 0.3) is 0 Å². The number of carbonyl (C=O) groups excluding carboxylic acids is 1. The predicted octanol–water partition coefficient (Wildman–Crippen LogP) is 2.62. The number of hydrogen-bond acceptors (Lipinski definition) is 4. The zero-order valence-electron chi connectivity index (χ0n) is 14.5. The molecule has 1 saturated heterocycles. The predicted molar refractivity (Wildman–Crippen MR) is 87.3 cm³/mol. The van der Waals surface area contributed by atoms with Gasteiger partial charge in [-0.1, -0.05) is 19.3 Å². The Labute approximate surface area is 138 Å². The molecule has 0 bridgehead atoms. The number of aliphatic carboxylic acids is 1. The van der Waals surface area contributed by atoms with Gasteiger partial charge in [-0.25, -0.2) is 4.79 Å². The lowest BCUT2D eigenvalue weighted by Crippen LogP contribution is -2.55. The van der Waals surface area contributed by atoms with E-state index in [1.807, 2.05) is 20.8 Å². The Morgan fingerprint density at radius 1 is 1.13 bits per heavy atom. The van der Waals surface area contributed by atoms with Crippen LogP contribution in [-0.4, -0.2) is 52.8 Å². The average molecular weight is 326 g/mol. The van der Waals surface area contributed by atoms with E-state index < -0.39 is 23.6 Å². The first-order chi connectivity index (χ1) is 10.7. The van der Waals surface area contributed by atoms with Gasteiger partial charge in [0.05, 0.1) is 5.92 Å². The number of ether oxygens (including phenoxy) is 1. The monoisotopic (exact) mass is 326 g/mol. The van der Waals surface area contributed by atoms with Crippen LogP contribution in [0.5, 0.6) is 0 Å². The number of rotatable bonds is 3. The summed E-state index contributed by atoms with van der Waals surface area (Å²) in [4.78, 5) is 25.7. The molecule has 2 aliphatic rings. The highest BCUT2D eigenvalue weighted by Crippen LogP contribution is 2.27. The van der Waals surface area contributed by atoms with Gasteiger partial charge >= 0.3 is 12.1 Å². The SMILES string of the molecule is CC(C)(C)OC(=O)NC1CC(C(=O)O)CN(C2CCCCC2)C1. The largest absolute Gasteiger partial charge is 0.481 e. The molecule has 0 aromatic carbocycles. The van der Waals surface area contributed by atoms with Crippen molar-refractivity contribution < 1.29 is 19.4 Å². The van der Waals surface area contributed by atoms with Gasteiger partial charge in [-0.2, -0.15) is 0 Å². The summed E-state index contributed by atoms with van der Waals surface area (Å²) in [6, 6.07) is 0.287. The molecule has 2 unspecified atom stereocenters. The fourth-order valence-electron chi connectivity index (χ4n) is 3.64. The quantitative estimate of drug-likeness (QED) is 0.833. The third-order valence-corrected chi connectivity index (χ3v) is 4.64. The first-order valence-corrected chi connectivity index (χ1v) is 8.71. The van der Waals surface area contributed by atoms with Crippen LogP contribution in [0.1, 0.15) is 59.3 Å². The van der Waals surface area contributed by atoms with Crippen molar-refractivity contribution in [2.75, 3.05) is 13.1 Å². The molecule has 132 valence electrons. The molecule has 6 nitrogen and oxygen atoms in total. The molecule has 2 atom stereocenters. The van der Waals surface area contributed by atoms with Gasteiger partial charge in [0, 0.05) is 25.2 Å². The molecule has 1 aliphatic heterocycles. The zero-order chi connectivity index (χ0) is 17.0. The van der Waals surface area contributed by atoms with E-state index in [-0.39, 0.29) is 6.04 Å². The van der Waals surface area contributed by atoms with Crippen molar-refractivity contribution in [3.05, 3.63) is 0 Å². The molecule has 6 heteroatoms. The minimum atomic E-state index is -0.776. The minimum Gasteiger partial charge on any atom is -0.481 e. The standard InChI is InChI=1S/C17H30N2O4/c1-17(2,3)23-16(22)18-13-9-12(15(20)21)10-19(11-13)14-7-5-4-6-8-14/h12-14H,4-11H2,1-3H3,(H,18,22)(H,20,21). The molecule has 23 heavy (non-hydrogen) atoms. The van der Waals surface area contributed by atoms with E-state index in [1.54, 1.807) is 0 Å². The number of carbonyl (C=O) groups is 2. The minimum absolute atomic E-state index is 0.165. The highest BCUT2D eigenvalue weighted by Gasteiger charge is 2.36. The number of nitrogens with zero attached hydrogens (tertiary/aromatic N) is 1. The smallest absolute Gasteiger partial charge is 0.407 e. The Hall–Kier alpha value is -1.30. The van der Waals surface area contributed by atoms with Gasteiger partial charge in [0.1, 0.15) is 5.60 Å². The van der Waals surface area contributed by atoms with Gasteiger partial charge in [-0.15, -0.1) is 0 Å². The summed E-state index contributed by atoms with van der Waals surface area (Å²) in [5.74, 6) is -1.20. The Balaban J connectivity index is 1.97. The molecule has 0 spiro atoms. The van der Waals surface area contributed by atoms with Gasteiger partial charge < -0.3 is 15.2 Å². The summed E-state index contributed by atoms with van der Waals surface area (Å²) < 4.78 is 5.30. The second-order valence-corrected chi connectivity index (χ2v) is 7.86. The molecule has 1 heterocycles. The van der Waals surface area contributed by atoms with Crippen LogP contribution in [-0.2, 0) is 9.53 Å². The molecule has 0 aromatic heterocycles. The molecule has 1 saturated carbocycles. The Kier molecular flexibility index (Phi) is 5.89. The highest BCUT2D eigenvalue weighted by atomic mass is 16.6. The van der Waals surface area contributed by atoms with Crippen molar-refractivity contribution in [3.63, 3.8) is 0 Å². The topological polar surface area (TPSA) is 78.9 Å². The van der Waals surface area contributed by atoms with E-state index in [0.29, 0.717) is 25.6 Å². The van der Waals surface area contributed by atoms with Gasteiger partial charge in [0.25, 0.3) is 0 Å². The van der Waals surface area contributed by atoms with E-state index in [4.69, 9.17) is 4.74 Å². The summed E-state index contributed by atoms with van der Waals surface area (Å²) in [5.41, 5.74) is -0.548. The lowest BCUT2D eigenvalue weighted by Gasteiger charge is -2.42. The second-order valence-electron chi connectivity index (χ2n) is 7.86. The maximum absolute atomic E-state index is 12.0. The van der Waals surface area contributed by atoms with Crippen LogP contribution in [0.4, 0.5) is 4.79 Å². The molecule has 0 radical (unpaired) electrons. The number of alkyl carbamates (subject to hydrolysis) is 1. The van der Waals surface area contributed by atoms with Crippen molar-refractivity contribution in [3.8, 4) is 0 Å². The van der Waals surface area contributed by atoms with Gasteiger partial charge in [-0.3, -0.25) is 9.69 Å². The molecular formula is C17H30N2O4. The van der Waals surface area contributed by atoms with Crippen LogP contribution < -0.4 is 5.32 Å². The Morgan fingerprint density at radius 2 is 1.78 bits per heavy atom. The Morgan fingerprint density at radius 3 is 2.35 bits per heavy atom. The summed E-state index contributed by atoms with van der Waals surface area (Å²) in [6.45, 7) is 6.77. The maximum Gasteiger partial charge on any atom is 0.407 e. The van der Waals surface area contributed by atoms with Crippen molar-refractivity contribution in [1.82, 2.24) is 10.2 Å². The number of likely N-dealkylation sites (tertiary alicyclic amines) is 1. The molecule has 2 N–H and O–H groups in total. The zero-order valence-corrected chi connectivity index (χ0v) is 14.5. The van der Waals surface area contributed by atoms with Crippen LogP contribution in [0.15, 0.2) is 0 Å². The molecule has 2 rings (SSSR count). The fourth-order valence-corrected chi connectivity index (χ4v) is 3.64. The van der Waals surface area contributed by atoms with Crippen molar-refractivity contribution in [1.29, 1.82) is 0 Å². The number of piperidine rings is 1. The molecule has 0 aromatic rings. The second kappa shape index (κ2) is 7.51. The summed E-state index contributed by atoms with van der Waals surface area (Å²) in [7, 11) is 0. The summed E-state index contributed by atoms with van der Waals surface area (Å²) in [5, 5.41) is 12.3. The lowest BCUT2D eigenvalue weighted by atomic mass is 9.88. The molecule has 2 fully saturated rings. The van der Waals surface area contributed by atoms with E-state index in [9.17, 15) is 14.7 Å². The van der Waals surface area contributed by atoms with Crippen molar-refractivity contribution >= 4 is 12.1 Å². The summed E-state index contributed by atoms with van der Waals surface area (Å²) >= 11 is 0. The first-order valence-electron chi connectivity index (χ1n) is 8.71. The highest BCUT2D eigenvalue weighted by molar-refractivity contribution is 5.71. The maximum atomic E-state index is 12.0. The van der Waals surface area contributed by atoms with E-state index in [0.717, 1.165) is 12.8 Å². The lowest BCUT2D eigenvalue weighted by molar-refractivity contribution is -0.144. The number of carboxylic acids is 1. The first kappa shape index (κ1) is 18.0. The van der Waals surface area contributed by atoms with Crippen LogP contribution in [0, 0.1) is 5.92 Å². The fraction of sp³-hybridized carbons (Fsp3) is 0.882. The third-order valence-electron chi connectivity index (χ3n) is 4.64. The Bertz CT molecular complexity index is 427. The number of nitrogens with one attached hydrogen (secondary N) is 1. The van der Waals surface area contributed by atoms with Gasteiger partial charge in [0.15, 0.2) is 0 Å². The number of amides is 1. The number of hydrogen-bond donors (Lipinski definition) is 2. The number of carboxylic acid groups (broad SMARTS) is 1. The third kappa shape index (κ3) is 5.68. The molecular weight excluding hydrogens is 296 g/mol. The van der Waals surface area contributed by atoms with Crippen LogP contribution in [0.2, 0.25) is 0 Å².